The molecule has 0 saturated carbocycles. The van der Waals surface area contributed by atoms with E-state index in [4.69, 9.17) is 4.74 Å². The molecule has 104 valence electrons. The summed E-state index contributed by atoms with van der Waals surface area (Å²) in [5.74, 6) is 0.445. The molecule has 1 rings (SSSR count). The molecule has 1 aromatic rings. The molecule has 0 fully saturated rings. The predicted molar refractivity (Wildman–Crippen MR) is 74.6 cm³/mol. The van der Waals surface area contributed by atoms with Crippen LogP contribution in [0.4, 0.5) is 0 Å². The molecule has 1 N–H and O–H groups in total. The first-order valence-electron chi connectivity index (χ1n) is 6.33. The van der Waals surface area contributed by atoms with Gasteiger partial charge in [-0.1, -0.05) is 13.8 Å². The van der Waals surface area contributed by atoms with Crippen molar-refractivity contribution < 1.29 is 14.3 Å². The molecule has 4 nitrogen and oxygen atoms in total. The van der Waals surface area contributed by atoms with Gasteiger partial charge in [0.05, 0.1) is 13.7 Å². The maximum atomic E-state index is 12.1. The van der Waals surface area contributed by atoms with Gasteiger partial charge in [-0.05, 0) is 37.1 Å². The molecule has 1 amide bonds. The van der Waals surface area contributed by atoms with Crippen molar-refractivity contribution in [2.24, 2.45) is 5.92 Å². The second kappa shape index (κ2) is 6.36. The summed E-state index contributed by atoms with van der Waals surface area (Å²) in [4.78, 5) is 23.5. The third-order valence-corrected chi connectivity index (χ3v) is 2.99. The Bertz CT molecular complexity index is 492. The van der Waals surface area contributed by atoms with E-state index in [2.05, 4.69) is 5.32 Å². The molecule has 0 aliphatic carbocycles. The van der Waals surface area contributed by atoms with Crippen molar-refractivity contribution in [2.45, 2.75) is 27.7 Å². The number of ketones is 1. The van der Waals surface area contributed by atoms with Crippen LogP contribution in [0.2, 0.25) is 0 Å². The number of carbonyl (C=O) groups excluding carboxylic acids is 2. The van der Waals surface area contributed by atoms with E-state index in [0.29, 0.717) is 5.56 Å². The fourth-order valence-electron chi connectivity index (χ4n) is 1.78. The topological polar surface area (TPSA) is 55.4 Å². The Hall–Kier alpha value is -1.84. The van der Waals surface area contributed by atoms with E-state index in [1.54, 1.807) is 27.0 Å². The number of amides is 1. The van der Waals surface area contributed by atoms with Gasteiger partial charge in [-0.2, -0.15) is 0 Å². The minimum absolute atomic E-state index is 0.0314. The fraction of sp³-hybridized carbons (Fsp3) is 0.467. The number of hydrogen-bond donors (Lipinski definition) is 1. The van der Waals surface area contributed by atoms with Crippen LogP contribution in [0.3, 0.4) is 0 Å². The zero-order valence-corrected chi connectivity index (χ0v) is 12.2. The Kier molecular flexibility index (Phi) is 5.10. The number of methoxy groups -OCH3 is 1. The van der Waals surface area contributed by atoms with Crippen LogP contribution in [0, 0.1) is 19.8 Å². The monoisotopic (exact) mass is 263 g/mol. The number of hydrogen-bond acceptors (Lipinski definition) is 3. The van der Waals surface area contributed by atoms with Gasteiger partial charge in [0.25, 0.3) is 0 Å². The Morgan fingerprint density at radius 3 is 2.37 bits per heavy atom. The van der Waals surface area contributed by atoms with Crippen molar-refractivity contribution in [1.82, 2.24) is 5.32 Å². The lowest BCUT2D eigenvalue weighted by Crippen LogP contribution is -2.32. The summed E-state index contributed by atoms with van der Waals surface area (Å²) in [5, 5.41) is 2.64. The van der Waals surface area contributed by atoms with Gasteiger partial charge < -0.3 is 10.1 Å². The van der Waals surface area contributed by atoms with E-state index in [-0.39, 0.29) is 24.2 Å². The third-order valence-electron chi connectivity index (χ3n) is 2.99. The lowest BCUT2D eigenvalue weighted by atomic mass is 10.0. The van der Waals surface area contributed by atoms with Crippen molar-refractivity contribution >= 4 is 11.7 Å². The molecule has 0 aliphatic rings. The summed E-state index contributed by atoms with van der Waals surface area (Å²) >= 11 is 0. The number of Topliss-reactive ketones (excluding diaryl/α,β-unsaturated/α-hetero) is 1. The third kappa shape index (κ3) is 3.81. The van der Waals surface area contributed by atoms with E-state index in [0.717, 1.165) is 16.9 Å². The van der Waals surface area contributed by atoms with E-state index < -0.39 is 0 Å². The van der Waals surface area contributed by atoms with Gasteiger partial charge in [0, 0.05) is 11.5 Å². The van der Waals surface area contributed by atoms with Gasteiger partial charge in [-0.3, -0.25) is 9.59 Å². The lowest BCUT2D eigenvalue weighted by molar-refractivity contribution is -0.123. The molecule has 0 saturated heterocycles. The van der Waals surface area contributed by atoms with E-state index in [1.165, 1.54) is 0 Å². The minimum atomic E-state index is -0.119. The van der Waals surface area contributed by atoms with Gasteiger partial charge in [-0.15, -0.1) is 0 Å². The van der Waals surface area contributed by atoms with E-state index >= 15 is 0 Å². The zero-order chi connectivity index (χ0) is 14.6. The standard InChI is InChI=1S/C15H21NO3/c1-9(2)15(18)16-8-13(17)12-6-11(4)14(19-5)7-10(12)3/h6-7,9H,8H2,1-5H3,(H,16,18). The molecule has 4 heteroatoms. The summed E-state index contributed by atoms with van der Waals surface area (Å²) in [5.41, 5.74) is 2.39. The number of ether oxygens (including phenoxy) is 1. The normalized spacial score (nSPS) is 10.4. The number of benzene rings is 1. The highest BCUT2D eigenvalue weighted by Crippen LogP contribution is 2.22. The number of aryl methyl sites for hydroxylation is 2. The van der Waals surface area contributed by atoms with Crippen LogP contribution in [-0.4, -0.2) is 25.3 Å². The smallest absolute Gasteiger partial charge is 0.222 e. The van der Waals surface area contributed by atoms with Crippen molar-refractivity contribution in [1.29, 1.82) is 0 Å². The Morgan fingerprint density at radius 1 is 1.21 bits per heavy atom. The molecule has 0 heterocycles. The van der Waals surface area contributed by atoms with Gasteiger partial charge in [0.15, 0.2) is 5.78 Å². The number of nitrogens with one attached hydrogen (secondary N) is 1. The summed E-state index contributed by atoms with van der Waals surface area (Å²) in [6.07, 6.45) is 0. The van der Waals surface area contributed by atoms with Crippen LogP contribution >= 0.6 is 0 Å². The van der Waals surface area contributed by atoms with Crippen LogP contribution in [-0.2, 0) is 4.79 Å². The molecule has 0 radical (unpaired) electrons. The first-order chi connectivity index (χ1) is 8.86. The molecule has 0 aliphatic heterocycles. The molecule has 0 bridgehead atoms. The summed E-state index contributed by atoms with van der Waals surface area (Å²) in [7, 11) is 1.60. The number of carbonyl (C=O) groups is 2. The average Bonchev–Trinajstić information content (AvgIpc) is 2.37. The SMILES string of the molecule is COc1cc(C)c(C(=O)CNC(=O)C(C)C)cc1C. The molecule has 0 unspecified atom stereocenters. The van der Waals surface area contributed by atoms with E-state index in [1.807, 2.05) is 19.9 Å². The zero-order valence-electron chi connectivity index (χ0n) is 12.2. The van der Waals surface area contributed by atoms with Crippen molar-refractivity contribution in [3.63, 3.8) is 0 Å². The average molecular weight is 263 g/mol. The molecule has 0 spiro atoms. The quantitative estimate of drug-likeness (QED) is 0.829. The summed E-state index contributed by atoms with van der Waals surface area (Å²) in [6, 6.07) is 3.64. The van der Waals surface area contributed by atoms with Gasteiger partial charge in [0.1, 0.15) is 5.75 Å². The second-order valence-electron chi connectivity index (χ2n) is 4.93. The first-order valence-corrected chi connectivity index (χ1v) is 6.33. The van der Waals surface area contributed by atoms with Gasteiger partial charge >= 0.3 is 0 Å². The van der Waals surface area contributed by atoms with Crippen molar-refractivity contribution in [2.75, 3.05) is 13.7 Å². The Morgan fingerprint density at radius 2 is 1.84 bits per heavy atom. The highest BCUT2D eigenvalue weighted by Gasteiger charge is 2.14. The fourth-order valence-corrected chi connectivity index (χ4v) is 1.78. The molecule has 19 heavy (non-hydrogen) atoms. The van der Waals surface area contributed by atoms with Crippen LogP contribution in [0.5, 0.6) is 5.75 Å². The van der Waals surface area contributed by atoms with Gasteiger partial charge in [-0.25, -0.2) is 0 Å². The molecular formula is C15H21NO3. The molecule has 0 aromatic heterocycles. The second-order valence-corrected chi connectivity index (χ2v) is 4.93. The van der Waals surface area contributed by atoms with Crippen LogP contribution in [0.25, 0.3) is 0 Å². The highest BCUT2D eigenvalue weighted by molar-refractivity contribution is 6.00. The Labute approximate surface area is 114 Å². The van der Waals surface area contributed by atoms with Crippen LogP contribution < -0.4 is 10.1 Å². The largest absolute Gasteiger partial charge is 0.496 e. The van der Waals surface area contributed by atoms with Crippen molar-refractivity contribution in [3.05, 3.63) is 28.8 Å². The first kappa shape index (κ1) is 15.2. The lowest BCUT2D eigenvalue weighted by Gasteiger charge is -2.11. The molecule has 0 atom stereocenters. The number of rotatable bonds is 5. The van der Waals surface area contributed by atoms with Gasteiger partial charge in [0.2, 0.25) is 5.91 Å². The predicted octanol–water partition coefficient (Wildman–Crippen LogP) is 2.27. The Balaban J connectivity index is 2.83. The molecular weight excluding hydrogens is 242 g/mol. The van der Waals surface area contributed by atoms with Crippen LogP contribution in [0.15, 0.2) is 12.1 Å². The summed E-state index contributed by atoms with van der Waals surface area (Å²) in [6.45, 7) is 7.37. The highest BCUT2D eigenvalue weighted by atomic mass is 16.5. The van der Waals surface area contributed by atoms with E-state index in [9.17, 15) is 9.59 Å². The maximum absolute atomic E-state index is 12.1. The maximum Gasteiger partial charge on any atom is 0.222 e. The molecule has 1 aromatic carbocycles. The van der Waals surface area contributed by atoms with Crippen LogP contribution in [0.1, 0.15) is 35.3 Å². The van der Waals surface area contributed by atoms with Crippen molar-refractivity contribution in [3.8, 4) is 5.75 Å². The summed E-state index contributed by atoms with van der Waals surface area (Å²) < 4.78 is 5.21. The minimum Gasteiger partial charge on any atom is -0.496 e.